The van der Waals surface area contributed by atoms with Crippen molar-refractivity contribution in [3.8, 4) is 11.5 Å². The molecule has 130 valence electrons. The second-order valence-corrected chi connectivity index (χ2v) is 7.01. The molecule has 1 atom stereocenters. The van der Waals surface area contributed by atoms with Crippen molar-refractivity contribution in [3.63, 3.8) is 0 Å². The Morgan fingerprint density at radius 1 is 1.30 bits per heavy atom. The van der Waals surface area contributed by atoms with Gasteiger partial charge in [0, 0.05) is 36.3 Å². The second-order valence-electron chi connectivity index (χ2n) is 6.58. The topological polar surface area (TPSA) is 45.2 Å². The largest absolute Gasteiger partial charge is 0.493 e. The summed E-state index contributed by atoms with van der Waals surface area (Å²) >= 11 is 6.19. The van der Waals surface area contributed by atoms with Crippen LogP contribution in [0.4, 0.5) is 0 Å². The summed E-state index contributed by atoms with van der Waals surface area (Å²) in [5.41, 5.74) is 0.309. The molecule has 6 heteroatoms. The van der Waals surface area contributed by atoms with Gasteiger partial charge in [0.15, 0.2) is 11.5 Å². The van der Waals surface area contributed by atoms with Crippen molar-refractivity contribution in [2.45, 2.75) is 25.0 Å². The Morgan fingerprint density at radius 2 is 2.04 bits per heavy atom. The van der Waals surface area contributed by atoms with Crippen LogP contribution in [0.5, 0.6) is 11.5 Å². The van der Waals surface area contributed by atoms with Gasteiger partial charge in [-0.2, -0.15) is 0 Å². The number of nitrogens with zero attached hydrogens (tertiary/aromatic N) is 2. The molecular weight excluding hydrogens is 316 g/mol. The molecule has 0 aliphatic carbocycles. The quantitative estimate of drug-likeness (QED) is 0.859. The second kappa shape index (κ2) is 7.71. The number of hydrogen-bond donors (Lipinski definition) is 1. The summed E-state index contributed by atoms with van der Waals surface area (Å²) in [5.74, 6) is 1.34. The Labute approximate surface area is 143 Å². The third kappa shape index (κ3) is 4.73. The fraction of sp³-hybridized carbons (Fsp3) is 0.647. The van der Waals surface area contributed by atoms with Gasteiger partial charge in [-0.25, -0.2) is 0 Å². The Morgan fingerprint density at radius 3 is 2.65 bits per heavy atom. The fourth-order valence-electron chi connectivity index (χ4n) is 3.42. The van der Waals surface area contributed by atoms with Crippen LogP contribution in [-0.4, -0.2) is 68.5 Å². The van der Waals surface area contributed by atoms with E-state index in [1.165, 1.54) is 0 Å². The lowest BCUT2D eigenvalue weighted by atomic mass is 9.92. The molecule has 0 saturated carbocycles. The van der Waals surface area contributed by atoms with Gasteiger partial charge >= 0.3 is 0 Å². The van der Waals surface area contributed by atoms with E-state index in [2.05, 4.69) is 4.90 Å². The first kappa shape index (κ1) is 18.3. The highest BCUT2D eigenvalue weighted by Crippen LogP contribution is 2.36. The maximum atomic E-state index is 10.8. The molecule has 1 heterocycles. The average Bonchev–Trinajstić information content (AvgIpc) is 2.45. The number of aliphatic hydroxyl groups is 1. The lowest BCUT2D eigenvalue weighted by Gasteiger charge is -2.40. The molecule has 0 spiro atoms. The van der Waals surface area contributed by atoms with Crippen molar-refractivity contribution in [3.05, 3.63) is 22.7 Å². The molecule has 23 heavy (non-hydrogen) atoms. The summed E-state index contributed by atoms with van der Waals surface area (Å²) < 4.78 is 10.9. The van der Waals surface area contributed by atoms with E-state index in [-0.39, 0.29) is 0 Å². The van der Waals surface area contributed by atoms with Gasteiger partial charge < -0.3 is 19.5 Å². The van der Waals surface area contributed by atoms with Crippen LogP contribution < -0.4 is 9.47 Å². The van der Waals surface area contributed by atoms with Crippen molar-refractivity contribution in [1.29, 1.82) is 0 Å². The summed E-state index contributed by atoms with van der Waals surface area (Å²) in [6.07, 6.45) is 1.81. The van der Waals surface area contributed by atoms with E-state index in [4.69, 9.17) is 21.1 Å². The molecule has 0 amide bonds. The summed E-state index contributed by atoms with van der Waals surface area (Å²) in [7, 11) is 7.21. The first-order valence-electron chi connectivity index (χ1n) is 7.87. The Kier molecular flexibility index (Phi) is 6.14. The number of benzene rings is 1. The zero-order valence-electron chi connectivity index (χ0n) is 14.4. The van der Waals surface area contributed by atoms with Gasteiger partial charge in [0.1, 0.15) is 0 Å². The lowest BCUT2D eigenvalue weighted by molar-refractivity contribution is -0.0481. The normalized spacial score (nSPS) is 22.4. The molecule has 0 aromatic heterocycles. The van der Waals surface area contributed by atoms with Crippen LogP contribution in [0.1, 0.15) is 18.4 Å². The smallest absolute Gasteiger partial charge is 0.165 e. The van der Waals surface area contributed by atoms with Gasteiger partial charge in [0.05, 0.1) is 19.8 Å². The first-order chi connectivity index (χ1) is 10.9. The van der Waals surface area contributed by atoms with Gasteiger partial charge in [0.25, 0.3) is 0 Å². The predicted molar refractivity (Wildman–Crippen MR) is 92.6 cm³/mol. The van der Waals surface area contributed by atoms with Gasteiger partial charge in [-0.3, -0.25) is 4.90 Å². The van der Waals surface area contributed by atoms with Crippen molar-refractivity contribution in [1.82, 2.24) is 9.80 Å². The van der Waals surface area contributed by atoms with Gasteiger partial charge in [-0.05, 0) is 39.5 Å². The molecule has 0 bridgehead atoms. The van der Waals surface area contributed by atoms with Crippen LogP contribution in [0.3, 0.4) is 0 Å². The van der Waals surface area contributed by atoms with E-state index in [9.17, 15) is 5.11 Å². The van der Waals surface area contributed by atoms with Crippen LogP contribution in [-0.2, 0) is 6.54 Å². The number of hydrogen-bond acceptors (Lipinski definition) is 5. The number of rotatable bonds is 6. The summed E-state index contributed by atoms with van der Waals surface area (Å²) in [5, 5.41) is 11.4. The average molecular weight is 343 g/mol. The number of methoxy groups -OCH3 is 2. The van der Waals surface area contributed by atoms with E-state index < -0.39 is 5.60 Å². The van der Waals surface area contributed by atoms with Crippen molar-refractivity contribution >= 4 is 11.6 Å². The highest BCUT2D eigenvalue weighted by molar-refractivity contribution is 6.30. The van der Waals surface area contributed by atoms with Crippen LogP contribution in [0.25, 0.3) is 0 Å². The van der Waals surface area contributed by atoms with E-state index in [0.29, 0.717) is 36.2 Å². The van der Waals surface area contributed by atoms with Gasteiger partial charge in [0.2, 0.25) is 0 Å². The molecule has 5 nitrogen and oxygen atoms in total. The van der Waals surface area contributed by atoms with Gasteiger partial charge in [-0.1, -0.05) is 11.6 Å². The van der Waals surface area contributed by atoms with Crippen molar-refractivity contribution in [2.24, 2.45) is 0 Å². The van der Waals surface area contributed by atoms with Crippen LogP contribution in [0, 0.1) is 0 Å². The predicted octanol–water partition coefficient (Wildman–Crippen LogP) is 2.25. The van der Waals surface area contributed by atoms with Crippen molar-refractivity contribution < 1.29 is 14.6 Å². The van der Waals surface area contributed by atoms with E-state index >= 15 is 0 Å². The molecule has 1 aliphatic rings. The SMILES string of the molecule is COc1cc(Cl)cc(CN2CCCC(O)(CN(C)C)C2)c1OC. The number of β-amino-alcohol motifs (C(OH)–C–C–N with tert-alkyl or cyclic N) is 1. The maximum Gasteiger partial charge on any atom is 0.165 e. The third-order valence-corrected chi connectivity index (χ3v) is 4.38. The molecule has 1 aliphatic heterocycles. The lowest BCUT2D eigenvalue weighted by Crippen LogP contribution is -2.52. The highest BCUT2D eigenvalue weighted by Gasteiger charge is 2.34. The molecule has 1 unspecified atom stereocenters. The molecule has 0 radical (unpaired) electrons. The monoisotopic (exact) mass is 342 g/mol. The number of likely N-dealkylation sites (tertiary alicyclic amines) is 1. The number of ether oxygens (including phenoxy) is 2. The Bertz CT molecular complexity index is 539. The maximum absolute atomic E-state index is 10.8. The molecular formula is C17H27ClN2O3. The number of likely N-dealkylation sites (N-methyl/N-ethyl adjacent to an activating group) is 1. The summed E-state index contributed by atoms with van der Waals surface area (Å²) in [6, 6.07) is 3.66. The number of piperidine rings is 1. The third-order valence-electron chi connectivity index (χ3n) is 4.16. The van der Waals surface area contributed by atoms with E-state index in [0.717, 1.165) is 24.9 Å². The minimum absolute atomic E-state index is 0.623. The Hall–Kier alpha value is -1.01. The highest BCUT2D eigenvalue weighted by atomic mass is 35.5. The minimum atomic E-state index is -0.669. The first-order valence-corrected chi connectivity index (χ1v) is 8.24. The molecule has 1 aromatic carbocycles. The molecule has 2 rings (SSSR count). The van der Waals surface area contributed by atoms with Crippen molar-refractivity contribution in [2.75, 3.05) is 47.9 Å². The van der Waals surface area contributed by atoms with E-state index in [1.54, 1.807) is 20.3 Å². The van der Waals surface area contributed by atoms with Crippen LogP contribution in [0.2, 0.25) is 5.02 Å². The fourth-order valence-corrected chi connectivity index (χ4v) is 3.65. The zero-order chi connectivity index (χ0) is 17.0. The minimum Gasteiger partial charge on any atom is -0.493 e. The van der Waals surface area contributed by atoms with Crippen LogP contribution >= 0.6 is 11.6 Å². The van der Waals surface area contributed by atoms with Crippen LogP contribution in [0.15, 0.2) is 12.1 Å². The number of halogens is 1. The van der Waals surface area contributed by atoms with E-state index in [1.807, 2.05) is 25.1 Å². The summed E-state index contributed by atoms with van der Waals surface area (Å²) in [6.45, 7) is 2.94. The summed E-state index contributed by atoms with van der Waals surface area (Å²) in [4.78, 5) is 4.28. The van der Waals surface area contributed by atoms with Gasteiger partial charge in [-0.15, -0.1) is 0 Å². The molecule has 1 aromatic rings. The molecule has 1 saturated heterocycles. The molecule has 1 fully saturated rings. The molecule has 1 N–H and O–H groups in total. The Balaban J connectivity index is 2.17. The standard InChI is InChI=1S/C17H27ClN2O3/c1-19(2)11-17(21)6-5-7-20(12-17)10-13-8-14(18)9-15(22-3)16(13)23-4/h8-9,21H,5-7,10-12H2,1-4H3. The zero-order valence-corrected chi connectivity index (χ0v) is 15.2.